The van der Waals surface area contributed by atoms with E-state index in [4.69, 9.17) is 29.1 Å². The predicted octanol–water partition coefficient (Wildman–Crippen LogP) is 5.99. The third kappa shape index (κ3) is 9.27. The number of carbonyl (C=O) groups is 1. The van der Waals surface area contributed by atoms with Gasteiger partial charge in [0.15, 0.2) is 0 Å². The van der Waals surface area contributed by atoms with Crippen LogP contribution < -0.4 is 24.3 Å². The summed E-state index contributed by atoms with van der Waals surface area (Å²) < 4.78 is 80.2. The van der Waals surface area contributed by atoms with Gasteiger partial charge in [-0.3, -0.25) is 10.2 Å². The molecule has 0 fully saturated rings. The van der Waals surface area contributed by atoms with Crippen molar-refractivity contribution in [3.05, 3.63) is 88.9 Å². The van der Waals surface area contributed by atoms with Gasteiger partial charge in [-0.15, -0.1) is 0 Å². The van der Waals surface area contributed by atoms with Crippen molar-refractivity contribution in [3.8, 4) is 23.0 Å². The molecule has 3 N–H and O–H groups in total. The van der Waals surface area contributed by atoms with Crippen LogP contribution in [0.4, 0.5) is 23.2 Å². The molecule has 0 aliphatic carbocycles. The number of methoxy groups -OCH3 is 4. The molecule has 0 heterocycles. The number of aliphatic hydroxyl groups excluding tert-OH is 1. The van der Waals surface area contributed by atoms with Crippen molar-refractivity contribution in [2.45, 2.75) is 32.1 Å². The normalized spacial score (nSPS) is 12.2. The minimum Gasteiger partial charge on any atom is -0.497 e. The molecule has 0 aliphatic heterocycles. The third-order valence-corrected chi connectivity index (χ3v) is 6.82. The van der Waals surface area contributed by atoms with Crippen LogP contribution in [0.3, 0.4) is 0 Å². The minimum absolute atomic E-state index is 0.0798. The second-order valence-corrected chi connectivity index (χ2v) is 9.89. The second kappa shape index (κ2) is 15.8. The number of anilines is 1. The summed E-state index contributed by atoms with van der Waals surface area (Å²) in [6.45, 7) is 1.03. The molecule has 10 nitrogen and oxygen atoms in total. The van der Waals surface area contributed by atoms with E-state index in [1.165, 1.54) is 46.3 Å². The first-order valence-electron chi connectivity index (χ1n) is 13.8. The van der Waals surface area contributed by atoms with Crippen LogP contribution in [0.2, 0.25) is 0 Å². The van der Waals surface area contributed by atoms with Crippen molar-refractivity contribution in [1.29, 1.82) is 5.41 Å². The Morgan fingerprint density at radius 3 is 1.91 bits per heavy atom. The molecule has 0 bridgehead atoms. The Morgan fingerprint density at radius 1 is 0.913 bits per heavy atom. The Labute approximate surface area is 263 Å². The zero-order valence-electron chi connectivity index (χ0n) is 25.8. The lowest BCUT2D eigenvalue weighted by molar-refractivity contribution is -0.167. The van der Waals surface area contributed by atoms with Gasteiger partial charge in [0, 0.05) is 34.9 Å². The van der Waals surface area contributed by atoms with Gasteiger partial charge in [-0.05, 0) is 54.1 Å². The summed E-state index contributed by atoms with van der Waals surface area (Å²) in [6, 6.07) is 12.9. The molecule has 0 saturated heterocycles. The number of hydrogen-bond donors (Lipinski definition) is 3. The highest BCUT2D eigenvalue weighted by atomic mass is 19.4. The fourth-order valence-corrected chi connectivity index (χ4v) is 4.42. The van der Waals surface area contributed by atoms with E-state index in [2.05, 4.69) is 0 Å². The van der Waals surface area contributed by atoms with Crippen LogP contribution in [0.5, 0.6) is 23.0 Å². The smallest absolute Gasteiger partial charge is 0.471 e. The molecular weight excluding hydrogens is 614 g/mol. The summed E-state index contributed by atoms with van der Waals surface area (Å²) in [5.41, 5.74) is 0.994. The second-order valence-electron chi connectivity index (χ2n) is 9.89. The lowest BCUT2D eigenvalue weighted by Gasteiger charge is -2.27. The average Bonchev–Trinajstić information content (AvgIpc) is 3.04. The van der Waals surface area contributed by atoms with Crippen LogP contribution in [0.1, 0.15) is 29.5 Å². The van der Waals surface area contributed by atoms with E-state index in [0.717, 1.165) is 18.2 Å². The lowest BCUT2D eigenvalue weighted by atomic mass is 9.99. The largest absolute Gasteiger partial charge is 0.497 e. The van der Waals surface area contributed by atoms with E-state index < -0.39 is 36.4 Å². The average molecular weight is 650 g/mol. The van der Waals surface area contributed by atoms with Gasteiger partial charge in [-0.2, -0.15) is 13.2 Å². The molecule has 0 aromatic heterocycles. The molecule has 1 amide bonds. The number of amidine groups is 1. The number of allylic oxidation sites excluding steroid dienone is 1. The van der Waals surface area contributed by atoms with Crippen molar-refractivity contribution >= 4 is 17.6 Å². The van der Waals surface area contributed by atoms with Crippen molar-refractivity contribution in [1.82, 2.24) is 4.90 Å². The van der Waals surface area contributed by atoms with E-state index in [1.54, 1.807) is 41.7 Å². The fraction of sp³-hybridized carbons (Fsp3) is 0.312. The maximum absolute atomic E-state index is 14.7. The van der Waals surface area contributed by atoms with E-state index in [0.29, 0.717) is 34.1 Å². The molecular formula is C32H35F4N3O7. The molecule has 1 unspecified atom stereocenters. The topological polar surface area (TPSA) is 123 Å². The van der Waals surface area contributed by atoms with Crippen LogP contribution in [0.15, 0.2) is 66.4 Å². The number of aliphatic hydroxyl groups is 1. The Balaban J connectivity index is 1.93. The monoisotopic (exact) mass is 649 g/mol. The number of benzene rings is 3. The summed E-state index contributed by atoms with van der Waals surface area (Å²) in [6.07, 6.45) is -3.81. The van der Waals surface area contributed by atoms with Crippen LogP contribution in [-0.4, -0.2) is 63.2 Å². The first-order valence-corrected chi connectivity index (χ1v) is 13.8. The van der Waals surface area contributed by atoms with Gasteiger partial charge in [0.1, 0.15) is 41.2 Å². The van der Waals surface area contributed by atoms with Gasteiger partial charge in [-0.25, -0.2) is 4.39 Å². The Kier molecular flexibility index (Phi) is 12.2. The number of nitrogens with one attached hydrogen (secondary N) is 2. The molecule has 3 rings (SSSR count). The molecule has 1 atom stereocenters. The van der Waals surface area contributed by atoms with Crippen LogP contribution in [0, 0.1) is 11.2 Å². The number of carbonyl (C=O) groups excluding carboxylic acids is 1. The van der Waals surface area contributed by atoms with E-state index in [9.17, 15) is 27.5 Å². The highest BCUT2D eigenvalue weighted by Gasteiger charge is 2.38. The quantitative estimate of drug-likeness (QED) is 0.0893. The SMILES string of the molecule is COc1ccc(CN(Cc2ccc(OC)cc2OC)C(=N)O/C(=C\C(C)c2cc(NC(=O)C(F)(F)F)ccc2F)CO)c(OC)c1. The first kappa shape index (κ1) is 35.5. The van der Waals surface area contributed by atoms with E-state index in [1.807, 2.05) is 0 Å². The third-order valence-electron chi connectivity index (χ3n) is 6.82. The van der Waals surface area contributed by atoms with Gasteiger partial charge in [-0.1, -0.05) is 6.92 Å². The number of halogens is 4. The van der Waals surface area contributed by atoms with Gasteiger partial charge >= 0.3 is 12.1 Å². The molecule has 0 spiro atoms. The van der Waals surface area contributed by atoms with Gasteiger partial charge in [0.05, 0.1) is 41.5 Å². The van der Waals surface area contributed by atoms with Crippen molar-refractivity contribution < 1.29 is 51.1 Å². The van der Waals surface area contributed by atoms with Gasteiger partial charge in [0.25, 0.3) is 6.02 Å². The zero-order chi connectivity index (χ0) is 34.0. The van der Waals surface area contributed by atoms with Gasteiger partial charge < -0.3 is 39.0 Å². The number of nitrogens with zero attached hydrogens (tertiary/aromatic N) is 1. The highest BCUT2D eigenvalue weighted by Crippen LogP contribution is 2.31. The highest BCUT2D eigenvalue weighted by molar-refractivity contribution is 5.95. The van der Waals surface area contributed by atoms with Crippen LogP contribution in [-0.2, 0) is 22.6 Å². The first-order chi connectivity index (χ1) is 21.8. The van der Waals surface area contributed by atoms with Crippen molar-refractivity contribution in [3.63, 3.8) is 0 Å². The van der Waals surface area contributed by atoms with Gasteiger partial charge in [0.2, 0.25) is 0 Å². The maximum atomic E-state index is 14.7. The standard InChI is InChI=1S/C32H35F4N3O7/c1-19(26-13-22(8-11-27(26)33)38-30(41)32(34,35)36)12-25(18-40)46-31(37)39(16-20-6-9-23(42-2)14-28(20)44-4)17-21-7-10-24(43-3)15-29(21)45-5/h6-15,19,37,40H,16-18H2,1-5H3,(H,38,41)/b25-12-,37-31?. The molecule has 0 radical (unpaired) electrons. The Morgan fingerprint density at radius 2 is 1.46 bits per heavy atom. The molecule has 14 heteroatoms. The number of amides is 1. The molecule has 3 aromatic rings. The molecule has 248 valence electrons. The number of alkyl halides is 3. The molecule has 46 heavy (non-hydrogen) atoms. The minimum atomic E-state index is -5.13. The lowest BCUT2D eigenvalue weighted by Crippen LogP contribution is -2.32. The molecule has 0 saturated carbocycles. The maximum Gasteiger partial charge on any atom is 0.471 e. The van der Waals surface area contributed by atoms with Crippen LogP contribution in [0.25, 0.3) is 0 Å². The number of hydrogen-bond acceptors (Lipinski definition) is 8. The van der Waals surface area contributed by atoms with Crippen molar-refractivity contribution in [2.75, 3.05) is 40.4 Å². The summed E-state index contributed by atoms with van der Waals surface area (Å²) in [5.74, 6) is -1.86. The zero-order valence-corrected chi connectivity index (χ0v) is 25.8. The Hall–Kier alpha value is -4.98. The summed E-state index contributed by atoms with van der Waals surface area (Å²) in [5, 5.41) is 20.6. The summed E-state index contributed by atoms with van der Waals surface area (Å²) in [4.78, 5) is 12.9. The number of ether oxygens (including phenoxy) is 5. The fourth-order valence-electron chi connectivity index (χ4n) is 4.42. The van der Waals surface area contributed by atoms with Crippen LogP contribution >= 0.6 is 0 Å². The summed E-state index contributed by atoms with van der Waals surface area (Å²) >= 11 is 0. The molecule has 3 aromatic carbocycles. The van der Waals surface area contributed by atoms with E-state index in [-0.39, 0.29) is 30.1 Å². The predicted molar refractivity (Wildman–Crippen MR) is 162 cm³/mol. The van der Waals surface area contributed by atoms with Crippen molar-refractivity contribution in [2.24, 2.45) is 0 Å². The number of rotatable bonds is 13. The molecule has 0 aliphatic rings. The van der Waals surface area contributed by atoms with E-state index >= 15 is 0 Å². The Bertz CT molecular complexity index is 1510. The summed E-state index contributed by atoms with van der Waals surface area (Å²) in [7, 11) is 6.02.